The molecular weight excluding hydrogens is 295 g/mol. The highest BCUT2D eigenvalue weighted by Gasteiger charge is 2.40. The summed E-state index contributed by atoms with van der Waals surface area (Å²) in [7, 11) is 1.54. The van der Waals surface area contributed by atoms with Crippen molar-refractivity contribution in [3.05, 3.63) is 28.8 Å². The van der Waals surface area contributed by atoms with E-state index in [9.17, 15) is 4.39 Å². The molecule has 0 spiro atoms. The Morgan fingerprint density at radius 2 is 2.24 bits per heavy atom. The van der Waals surface area contributed by atoms with Crippen LogP contribution in [0.25, 0.3) is 11.3 Å². The molecule has 2 atom stereocenters. The number of methoxy groups -OCH3 is 1. The summed E-state index contributed by atoms with van der Waals surface area (Å²) in [6.07, 6.45) is 2.44. The fourth-order valence-corrected chi connectivity index (χ4v) is 2.59. The van der Waals surface area contributed by atoms with E-state index >= 15 is 0 Å². The first kappa shape index (κ1) is 14.1. The van der Waals surface area contributed by atoms with Gasteiger partial charge in [-0.25, -0.2) is 4.98 Å². The van der Waals surface area contributed by atoms with Gasteiger partial charge in [0, 0.05) is 6.20 Å². The summed E-state index contributed by atoms with van der Waals surface area (Å²) in [5.74, 6) is 1.20. The van der Waals surface area contributed by atoms with Gasteiger partial charge in [0.25, 0.3) is 0 Å². The molecule has 1 saturated carbocycles. The van der Waals surface area contributed by atoms with E-state index in [0.29, 0.717) is 28.1 Å². The van der Waals surface area contributed by atoms with Crippen molar-refractivity contribution in [1.29, 1.82) is 0 Å². The smallest absolute Gasteiger partial charge is 0.226 e. The molecule has 0 saturated heterocycles. The third-order valence-electron chi connectivity index (χ3n) is 3.64. The largest absolute Gasteiger partial charge is 0.480 e. The Balaban J connectivity index is 2.02. The van der Waals surface area contributed by atoms with Gasteiger partial charge in [0.1, 0.15) is 11.5 Å². The summed E-state index contributed by atoms with van der Waals surface area (Å²) in [6, 6.07) is 1.83. The topological polar surface area (TPSA) is 60.8 Å². The van der Waals surface area contributed by atoms with Gasteiger partial charge in [-0.15, -0.1) is 10.2 Å². The summed E-state index contributed by atoms with van der Waals surface area (Å²) in [5, 5.41) is 8.36. The Hall–Kier alpha value is -1.82. The van der Waals surface area contributed by atoms with Gasteiger partial charge in [0.2, 0.25) is 5.88 Å². The van der Waals surface area contributed by atoms with Gasteiger partial charge in [0.15, 0.2) is 5.15 Å². The summed E-state index contributed by atoms with van der Waals surface area (Å²) in [5.41, 5.74) is 2.05. The van der Waals surface area contributed by atoms with E-state index in [1.54, 1.807) is 13.1 Å². The number of hydrogen-bond donors (Lipinski definition) is 0. The van der Waals surface area contributed by atoms with Crippen molar-refractivity contribution >= 4 is 11.6 Å². The maximum Gasteiger partial charge on any atom is 0.226 e. The van der Waals surface area contributed by atoms with Crippen molar-refractivity contribution in [1.82, 2.24) is 20.2 Å². The maximum atomic E-state index is 12.7. The zero-order chi connectivity index (χ0) is 15.0. The van der Waals surface area contributed by atoms with Gasteiger partial charge in [0.05, 0.1) is 19.3 Å². The fourth-order valence-electron chi connectivity index (χ4n) is 2.36. The van der Waals surface area contributed by atoms with Crippen LogP contribution < -0.4 is 4.74 Å². The molecule has 1 fully saturated rings. The quantitative estimate of drug-likeness (QED) is 0.869. The molecule has 2 aromatic rings. The van der Waals surface area contributed by atoms with E-state index in [4.69, 9.17) is 16.3 Å². The number of ether oxygens (including phenoxy) is 1. The van der Waals surface area contributed by atoms with Gasteiger partial charge in [-0.1, -0.05) is 11.6 Å². The molecule has 0 radical (unpaired) electrons. The molecule has 7 heteroatoms. The molecule has 5 nitrogen and oxygen atoms in total. The van der Waals surface area contributed by atoms with Gasteiger partial charge in [-0.3, -0.25) is 4.39 Å². The maximum absolute atomic E-state index is 12.7. The molecule has 3 rings (SSSR count). The molecule has 0 unspecified atom stereocenters. The fraction of sp³-hybridized carbons (Fsp3) is 0.429. The molecule has 0 bridgehead atoms. The van der Waals surface area contributed by atoms with Crippen LogP contribution in [-0.2, 0) is 0 Å². The average molecular weight is 309 g/mol. The Labute approximate surface area is 126 Å². The van der Waals surface area contributed by atoms with Crippen molar-refractivity contribution in [3.63, 3.8) is 0 Å². The third-order valence-corrected chi connectivity index (χ3v) is 3.93. The molecule has 2 aromatic heterocycles. The third kappa shape index (κ3) is 2.68. The van der Waals surface area contributed by atoms with E-state index in [0.717, 1.165) is 12.0 Å². The van der Waals surface area contributed by atoms with Crippen LogP contribution in [0.3, 0.4) is 0 Å². The summed E-state index contributed by atoms with van der Waals surface area (Å²) >= 11 is 6.08. The minimum Gasteiger partial charge on any atom is -0.480 e. The Morgan fingerprint density at radius 3 is 2.90 bits per heavy atom. The second-order valence-electron chi connectivity index (χ2n) is 5.07. The predicted octanol–water partition coefficient (Wildman–Crippen LogP) is 2.98. The van der Waals surface area contributed by atoms with Crippen LogP contribution in [0.15, 0.2) is 12.3 Å². The SMILES string of the molecule is COc1nc(C)ncc1-c1cc([C@H]2C[C@@H]2CF)c(Cl)nn1. The zero-order valence-corrected chi connectivity index (χ0v) is 12.4. The van der Waals surface area contributed by atoms with Gasteiger partial charge in [-0.05, 0) is 36.8 Å². The summed E-state index contributed by atoms with van der Waals surface area (Å²) < 4.78 is 18.0. The van der Waals surface area contributed by atoms with Crippen LogP contribution in [0.2, 0.25) is 5.15 Å². The normalized spacial score (nSPS) is 20.4. The molecule has 0 aromatic carbocycles. The number of nitrogens with zero attached hydrogens (tertiary/aromatic N) is 4. The predicted molar refractivity (Wildman–Crippen MR) is 76.2 cm³/mol. The van der Waals surface area contributed by atoms with Crippen molar-refractivity contribution in [2.24, 2.45) is 5.92 Å². The zero-order valence-electron chi connectivity index (χ0n) is 11.7. The second-order valence-corrected chi connectivity index (χ2v) is 5.43. The van der Waals surface area contributed by atoms with Gasteiger partial charge < -0.3 is 4.74 Å². The molecule has 2 heterocycles. The highest BCUT2D eigenvalue weighted by molar-refractivity contribution is 6.30. The lowest BCUT2D eigenvalue weighted by Crippen LogP contribution is -2.00. The molecular formula is C14H14ClFN4O. The van der Waals surface area contributed by atoms with Crippen molar-refractivity contribution in [2.75, 3.05) is 13.8 Å². The highest BCUT2D eigenvalue weighted by Crippen LogP contribution is 2.49. The number of alkyl halides is 1. The van der Waals surface area contributed by atoms with E-state index < -0.39 is 0 Å². The number of hydrogen-bond acceptors (Lipinski definition) is 5. The molecule has 0 aliphatic heterocycles. The minimum absolute atomic E-state index is 0.0377. The van der Waals surface area contributed by atoms with E-state index in [-0.39, 0.29) is 18.5 Å². The van der Waals surface area contributed by atoms with Crippen LogP contribution >= 0.6 is 11.6 Å². The van der Waals surface area contributed by atoms with Gasteiger partial charge >= 0.3 is 0 Å². The van der Waals surface area contributed by atoms with Crippen LogP contribution in [0, 0.1) is 12.8 Å². The molecule has 21 heavy (non-hydrogen) atoms. The molecule has 0 amide bonds. The lowest BCUT2D eigenvalue weighted by Gasteiger charge is -2.08. The second kappa shape index (κ2) is 5.52. The molecule has 1 aliphatic rings. The first-order valence-electron chi connectivity index (χ1n) is 6.61. The number of halogens is 2. The van der Waals surface area contributed by atoms with Crippen LogP contribution in [0.1, 0.15) is 23.7 Å². The Kier molecular flexibility index (Phi) is 3.71. The van der Waals surface area contributed by atoms with Gasteiger partial charge in [-0.2, -0.15) is 4.98 Å². The monoisotopic (exact) mass is 308 g/mol. The first-order chi connectivity index (χ1) is 10.1. The van der Waals surface area contributed by atoms with E-state index in [1.165, 1.54) is 7.11 Å². The highest BCUT2D eigenvalue weighted by atomic mass is 35.5. The standard InChI is InChI=1S/C14H14ClFN4O/c1-7-17-6-11(14(18-7)21-2)12-4-10(13(15)20-19-12)9-3-8(9)5-16/h4,6,8-9H,3,5H2,1-2H3/t8-,9+/m1/s1. The van der Waals surface area contributed by atoms with Crippen LogP contribution in [-0.4, -0.2) is 33.9 Å². The van der Waals surface area contributed by atoms with Crippen LogP contribution in [0.5, 0.6) is 5.88 Å². The van der Waals surface area contributed by atoms with E-state index in [2.05, 4.69) is 20.2 Å². The lowest BCUT2D eigenvalue weighted by atomic mass is 10.1. The molecule has 0 N–H and O–H groups in total. The van der Waals surface area contributed by atoms with Crippen LogP contribution in [0.4, 0.5) is 4.39 Å². The Bertz CT molecular complexity index is 682. The average Bonchev–Trinajstić information content (AvgIpc) is 3.27. The Morgan fingerprint density at radius 1 is 1.43 bits per heavy atom. The number of aryl methyl sites for hydroxylation is 1. The molecule has 110 valence electrons. The lowest BCUT2D eigenvalue weighted by molar-refractivity contribution is 0.397. The number of rotatable bonds is 4. The van der Waals surface area contributed by atoms with E-state index in [1.807, 2.05) is 6.07 Å². The summed E-state index contributed by atoms with van der Waals surface area (Å²) in [4.78, 5) is 8.37. The first-order valence-corrected chi connectivity index (χ1v) is 6.99. The molecule has 1 aliphatic carbocycles. The van der Waals surface area contributed by atoms with Crippen molar-refractivity contribution < 1.29 is 9.13 Å². The van der Waals surface area contributed by atoms with Crippen molar-refractivity contribution in [2.45, 2.75) is 19.3 Å². The number of aromatic nitrogens is 4. The van der Waals surface area contributed by atoms with Crippen molar-refractivity contribution in [3.8, 4) is 17.1 Å². The summed E-state index contributed by atoms with van der Waals surface area (Å²) in [6.45, 7) is 1.44. The minimum atomic E-state index is -0.338.